The molecule has 0 radical (unpaired) electrons. The zero-order valence-corrected chi connectivity index (χ0v) is 10.8. The van der Waals surface area contributed by atoms with Crippen molar-refractivity contribution in [3.8, 4) is 0 Å². The Morgan fingerprint density at radius 1 is 1.31 bits per heavy atom. The van der Waals surface area contributed by atoms with E-state index in [9.17, 15) is 8.42 Å². The lowest BCUT2D eigenvalue weighted by molar-refractivity contribution is -1.08. The molecule has 0 amide bonds. The first-order chi connectivity index (χ1) is 7.54. The fourth-order valence-corrected chi connectivity index (χ4v) is 3.30. The summed E-state index contributed by atoms with van der Waals surface area (Å²) in [6.45, 7) is 7.89. The van der Waals surface area contributed by atoms with E-state index in [1.54, 1.807) is 0 Å². The van der Waals surface area contributed by atoms with Gasteiger partial charge in [-0.05, 0) is 25.7 Å². The average molecular weight is 248 g/mol. The van der Waals surface area contributed by atoms with E-state index in [-0.39, 0.29) is 10.4 Å². The number of piperidine rings is 1. The zero-order chi connectivity index (χ0) is 12.1. The van der Waals surface area contributed by atoms with Crippen LogP contribution in [0.4, 0.5) is 0 Å². The normalized spacial score (nSPS) is 20.6. The summed E-state index contributed by atoms with van der Waals surface area (Å²) in [5.41, 5.74) is 0. The molecular weight excluding hydrogens is 226 g/mol. The summed E-state index contributed by atoms with van der Waals surface area (Å²) in [6.07, 6.45) is 5.58. The van der Waals surface area contributed by atoms with Gasteiger partial charge in [0.05, 0.1) is 5.75 Å². The number of likely N-dealkylation sites (tertiary alicyclic amines) is 1. The van der Waals surface area contributed by atoms with E-state index in [2.05, 4.69) is 13.5 Å². The summed E-state index contributed by atoms with van der Waals surface area (Å²) in [6, 6.07) is 0. The molecule has 1 fully saturated rings. The Balaban J connectivity index is 2.73. The van der Waals surface area contributed by atoms with Crippen LogP contribution in [-0.2, 0) is 14.4 Å². The van der Waals surface area contributed by atoms with Crippen molar-refractivity contribution in [3.05, 3.63) is 12.7 Å². The lowest BCUT2D eigenvalue weighted by Gasteiger charge is -2.36. The van der Waals surface area contributed by atoms with Gasteiger partial charge in [0, 0.05) is 0 Å². The minimum Gasteiger partial charge on any atom is -0.194 e. The second-order valence-corrected chi connectivity index (χ2v) is 5.97. The molecule has 0 saturated carbocycles. The highest BCUT2D eigenvalue weighted by molar-refractivity contribution is 7.86. The topological polar surface area (TPSA) is 43.4 Å². The Morgan fingerprint density at radius 2 is 1.94 bits per heavy atom. The smallest absolute Gasteiger partial charge is 0.194 e. The van der Waals surface area contributed by atoms with Crippen molar-refractivity contribution in [1.82, 2.24) is 0 Å². The first-order valence-electron chi connectivity index (χ1n) is 5.94. The van der Waals surface area contributed by atoms with Crippen LogP contribution in [0.1, 0.15) is 32.6 Å². The first-order valence-corrected chi connectivity index (χ1v) is 7.52. The quantitative estimate of drug-likeness (QED) is 0.532. The predicted molar refractivity (Wildman–Crippen MR) is 64.1 cm³/mol. The number of rotatable bonds is 6. The molecule has 0 aromatic carbocycles. The van der Waals surface area contributed by atoms with Gasteiger partial charge < -0.3 is 0 Å². The summed E-state index contributed by atoms with van der Waals surface area (Å²) < 4.78 is 29.0. The van der Waals surface area contributed by atoms with E-state index in [4.69, 9.17) is 4.28 Å². The van der Waals surface area contributed by atoms with Gasteiger partial charge >= 0.3 is 10.1 Å². The Bertz CT molecular complexity index is 313. The van der Waals surface area contributed by atoms with Crippen molar-refractivity contribution in [2.24, 2.45) is 0 Å². The van der Waals surface area contributed by atoms with Gasteiger partial charge in [0.15, 0.2) is 0 Å². The van der Waals surface area contributed by atoms with Crippen LogP contribution in [0.15, 0.2) is 12.7 Å². The van der Waals surface area contributed by atoms with Gasteiger partial charge in [-0.2, -0.15) is 13.1 Å². The maximum absolute atomic E-state index is 11.7. The number of quaternary nitrogens is 1. The minimum absolute atomic E-state index is 0.100. The molecule has 1 saturated heterocycles. The largest absolute Gasteiger partial charge is 0.317 e. The monoisotopic (exact) mass is 248 g/mol. The molecule has 0 atom stereocenters. The lowest BCUT2D eigenvalue weighted by atomic mass is 10.1. The van der Waals surface area contributed by atoms with Gasteiger partial charge in [-0.3, -0.25) is 0 Å². The van der Waals surface area contributed by atoms with Crippen LogP contribution in [0, 0.1) is 0 Å². The van der Waals surface area contributed by atoms with Crippen LogP contribution in [0.2, 0.25) is 0 Å². The highest BCUT2D eigenvalue weighted by atomic mass is 32.2. The SMILES string of the molecule is C=CCS(=O)(=O)O[N+]1(CCC)CCCCC1. The van der Waals surface area contributed by atoms with Crippen LogP contribution in [0.25, 0.3) is 0 Å². The highest BCUT2D eigenvalue weighted by Crippen LogP contribution is 2.22. The van der Waals surface area contributed by atoms with E-state index in [1.807, 2.05) is 0 Å². The molecule has 0 spiro atoms. The van der Waals surface area contributed by atoms with E-state index in [1.165, 1.54) is 12.5 Å². The second kappa shape index (κ2) is 5.80. The third-order valence-electron chi connectivity index (χ3n) is 2.86. The van der Waals surface area contributed by atoms with Gasteiger partial charge in [0.2, 0.25) is 0 Å². The van der Waals surface area contributed by atoms with Crippen molar-refractivity contribution in [1.29, 1.82) is 0 Å². The molecule has 0 N–H and O–H groups in total. The van der Waals surface area contributed by atoms with Gasteiger partial charge in [0.1, 0.15) is 19.6 Å². The molecule has 4 nitrogen and oxygen atoms in total. The zero-order valence-electron chi connectivity index (χ0n) is 10.0. The lowest BCUT2D eigenvalue weighted by Crippen LogP contribution is -2.53. The summed E-state index contributed by atoms with van der Waals surface area (Å²) in [5.74, 6) is -0.100. The predicted octanol–water partition coefficient (Wildman–Crippen LogP) is 1.84. The molecule has 0 aromatic heterocycles. The standard InChI is InChI=1S/C11H22NO3S/c1-3-8-12(9-6-5-7-10-12)15-16(13,14)11-4-2/h4H,2-3,5-11H2,1H3/q+1. The van der Waals surface area contributed by atoms with Crippen LogP contribution in [-0.4, -0.2) is 38.5 Å². The third kappa shape index (κ3) is 3.88. The summed E-state index contributed by atoms with van der Waals surface area (Å²) in [7, 11) is -3.46. The van der Waals surface area contributed by atoms with Crippen LogP contribution in [0.3, 0.4) is 0 Å². The van der Waals surface area contributed by atoms with E-state index >= 15 is 0 Å². The van der Waals surface area contributed by atoms with Gasteiger partial charge in [-0.15, -0.1) is 6.58 Å². The molecule has 1 rings (SSSR count). The maximum Gasteiger partial charge on any atom is 0.317 e. The molecule has 0 bridgehead atoms. The number of nitrogens with zero attached hydrogens (tertiary/aromatic N) is 1. The maximum atomic E-state index is 11.7. The Labute approximate surface area is 98.6 Å². The Hall–Kier alpha value is -0.390. The molecule has 0 aromatic rings. The summed E-state index contributed by atoms with van der Waals surface area (Å²) >= 11 is 0. The Morgan fingerprint density at radius 3 is 2.44 bits per heavy atom. The molecule has 0 aliphatic carbocycles. The van der Waals surface area contributed by atoms with Crippen molar-refractivity contribution in [2.75, 3.05) is 25.4 Å². The molecular formula is C11H22NO3S+. The van der Waals surface area contributed by atoms with Gasteiger partial charge in [-0.1, -0.05) is 17.3 Å². The van der Waals surface area contributed by atoms with Crippen molar-refractivity contribution in [2.45, 2.75) is 32.6 Å². The van der Waals surface area contributed by atoms with E-state index < -0.39 is 10.1 Å². The van der Waals surface area contributed by atoms with Crippen molar-refractivity contribution in [3.63, 3.8) is 0 Å². The van der Waals surface area contributed by atoms with Crippen molar-refractivity contribution < 1.29 is 17.3 Å². The molecule has 5 heteroatoms. The van der Waals surface area contributed by atoms with Crippen LogP contribution >= 0.6 is 0 Å². The molecule has 1 aliphatic rings. The third-order valence-corrected chi connectivity index (χ3v) is 4.04. The fourth-order valence-electron chi connectivity index (χ4n) is 2.25. The Kier molecular flexibility index (Phi) is 4.95. The minimum atomic E-state index is -3.46. The van der Waals surface area contributed by atoms with Crippen LogP contribution < -0.4 is 0 Å². The molecule has 16 heavy (non-hydrogen) atoms. The van der Waals surface area contributed by atoms with Gasteiger partial charge in [-0.25, -0.2) is 0 Å². The summed E-state index contributed by atoms with van der Waals surface area (Å²) in [4.78, 5) is 0. The summed E-state index contributed by atoms with van der Waals surface area (Å²) in [5, 5.41) is 0. The average Bonchev–Trinajstić information content (AvgIpc) is 2.17. The second-order valence-electron chi connectivity index (χ2n) is 4.38. The molecule has 0 unspecified atom stereocenters. The van der Waals surface area contributed by atoms with Crippen LogP contribution in [0.5, 0.6) is 0 Å². The van der Waals surface area contributed by atoms with E-state index in [0.29, 0.717) is 0 Å². The number of hydrogen-bond donors (Lipinski definition) is 0. The number of hydroxylamine groups is 3. The highest BCUT2D eigenvalue weighted by Gasteiger charge is 2.36. The fraction of sp³-hybridized carbons (Fsp3) is 0.818. The van der Waals surface area contributed by atoms with E-state index in [0.717, 1.165) is 38.9 Å². The molecule has 94 valence electrons. The van der Waals surface area contributed by atoms with Crippen molar-refractivity contribution >= 4 is 10.1 Å². The first kappa shape index (κ1) is 13.7. The number of hydrogen-bond acceptors (Lipinski definition) is 3. The van der Waals surface area contributed by atoms with Gasteiger partial charge in [0.25, 0.3) is 0 Å². The molecule has 1 heterocycles. The molecule has 1 aliphatic heterocycles.